The Balaban J connectivity index is 1.62. The average Bonchev–Trinajstić information content (AvgIpc) is 3.22. The number of rotatable bonds is 3. The van der Waals surface area contributed by atoms with Crippen LogP contribution in [0.15, 0.2) is 70.0 Å². The van der Waals surface area contributed by atoms with E-state index < -0.39 is 0 Å². The molecule has 0 spiro atoms. The summed E-state index contributed by atoms with van der Waals surface area (Å²) in [6.07, 6.45) is 1.72. The van der Waals surface area contributed by atoms with Gasteiger partial charge in [-0.3, -0.25) is 9.69 Å². The van der Waals surface area contributed by atoms with Crippen LogP contribution in [0.1, 0.15) is 11.3 Å². The number of thiocarbonyl (C=S) groups is 1. The monoisotopic (exact) mass is 411 g/mol. The largest absolute Gasteiger partial charge is 0.457 e. The molecule has 0 aliphatic carbocycles. The van der Waals surface area contributed by atoms with Crippen LogP contribution in [-0.4, -0.2) is 10.2 Å². The molecule has 0 bridgehead atoms. The lowest BCUT2D eigenvalue weighted by Gasteiger charge is -2.14. The number of carbonyl (C=O) groups excluding carboxylic acids is 1. The Bertz CT molecular complexity index is 1070. The lowest BCUT2D eigenvalue weighted by molar-refractivity contribution is -0.113. The van der Waals surface area contributed by atoms with E-state index in [-0.39, 0.29) is 5.91 Å². The van der Waals surface area contributed by atoms with Crippen molar-refractivity contribution in [3.8, 4) is 11.3 Å². The van der Waals surface area contributed by atoms with Crippen molar-refractivity contribution in [3.63, 3.8) is 0 Å². The highest BCUT2D eigenvalue weighted by Gasteiger charge is 2.33. The number of halogens is 1. The summed E-state index contributed by atoms with van der Waals surface area (Å²) in [5.41, 5.74) is 2.70. The first-order valence-electron chi connectivity index (χ1n) is 8.22. The summed E-state index contributed by atoms with van der Waals surface area (Å²) in [5.74, 6) is 1.08. The van der Waals surface area contributed by atoms with Crippen molar-refractivity contribution < 1.29 is 9.21 Å². The van der Waals surface area contributed by atoms with E-state index in [9.17, 15) is 4.79 Å². The summed E-state index contributed by atoms with van der Waals surface area (Å²) >= 11 is 12.9. The molecule has 3 nitrogen and oxygen atoms in total. The summed E-state index contributed by atoms with van der Waals surface area (Å²) in [7, 11) is 0. The molecule has 1 fully saturated rings. The minimum absolute atomic E-state index is 0.149. The highest BCUT2D eigenvalue weighted by Crippen LogP contribution is 2.37. The van der Waals surface area contributed by atoms with Crippen molar-refractivity contribution in [1.82, 2.24) is 0 Å². The van der Waals surface area contributed by atoms with Gasteiger partial charge in [-0.05, 0) is 43.3 Å². The molecular formula is C21H14ClNO2S2. The molecule has 134 valence electrons. The molecule has 1 saturated heterocycles. The van der Waals surface area contributed by atoms with Gasteiger partial charge in [0.05, 0.1) is 15.6 Å². The predicted molar refractivity (Wildman–Crippen MR) is 116 cm³/mol. The topological polar surface area (TPSA) is 33.5 Å². The lowest BCUT2D eigenvalue weighted by Crippen LogP contribution is -2.27. The number of amides is 1. The lowest BCUT2D eigenvalue weighted by atomic mass is 10.2. The van der Waals surface area contributed by atoms with Gasteiger partial charge < -0.3 is 4.42 Å². The molecule has 0 N–H and O–H groups in total. The van der Waals surface area contributed by atoms with Crippen LogP contribution >= 0.6 is 35.6 Å². The summed E-state index contributed by atoms with van der Waals surface area (Å²) in [5, 5.41) is 0.615. The second-order valence-electron chi connectivity index (χ2n) is 6.03. The molecule has 1 aliphatic rings. The maximum absolute atomic E-state index is 12.8. The van der Waals surface area contributed by atoms with Gasteiger partial charge in [0.15, 0.2) is 4.32 Å². The number of carbonyl (C=O) groups is 1. The van der Waals surface area contributed by atoms with Crippen molar-refractivity contribution in [1.29, 1.82) is 0 Å². The molecule has 2 aromatic carbocycles. The summed E-state index contributed by atoms with van der Waals surface area (Å²) in [6, 6.07) is 18.8. The van der Waals surface area contributed by atoms with Crippen LogP contribution in [0, 0.1) is 6.92 Å². The quantitative estimate of drug-likeness (QED) is 0.373. The normalized spacial score (nSPS) is 15.8. The van der Waals surface area contributed by atoms with Crippen molar-refractivity contribution in [2.45, 2.75) is 6.92 Å². The van der Waals surface area contributed by atoms with Crippen LogP contribution in [0.3, 0.4) is 0 Å². The molecule has 1 amide bonds. The van der Waals surface area contributed by atoms with Crippen molar-refractivity contribution in [2.75, 3.05) is 4.90 Å². The molecule has 0 unspecified atom stereocenters. The smallest absolute Gasteiger partial charge is 0.270 e. The Morgan fingerprint density at radius 1 is 1.07 bits per heavy atom. The Morgan fingerprint density at radius 2 is 1.81 bits per heavy atom. The molecule has 4 rings (SSSR count). The third-order valence-corrected chi connectivity index (χ3v) is 5.76. The average molecular weight is 412 g/mol. The number of hydrogen-bond acceptors (Lipinski definition) is 4. The third-order valence-electron chi connectivity index (χ3n) is 4.13. The molecule has 1 aromatic heterocycles. The van der Waals surface area contributed by atoms with Gasteiger partial charge in [0.25, 0.3) is 5.91 Å². The highest BCUT2D eigenvalue weighted by atomic mass is 35.5. The zero-order valence-electron chi connectivity index (χ0n) is 14.3. The van der Waals surface area contributed by atoms with Crippen LogP contribution in [0.2, 0.25) is 5.02 Å². The molecular weight excluding hydrogens is 398 g/mol. The summed E-state index contributed by atoms with van der Waals surface area (Å²) in [4.78, 5) is 14.9. The minimum atomic E-state index is -0.149. The fourth-order valence-electron chi connectivity index (χ4n) is 2.75. The van der Waals surface area contributed by atoms with Gasteiger partial charge in [-0.1, -0.05) is 65.4 Å². The maximum Gasteiger partial charge on any atom is 0.270 e. The Morgan fingerprint density at radius 3 is 2.56 bits per heavy atom. The van der Waals surface area contributed by atoms with E-state index in [4.69, 9.17) is 28.2 Å². The maximum atomic E-state index is 12.8. The first-order valence-corrected chi connectivity index (χ1v) is 9.82. The van der Waals surface area contributed by atoms with Gasteiger partial charge in [0.2, 0.25) is 0 Å². The van der Waals surface area contributed by atoms with E-state index in [0.717, 1.165) is 16.8 Å². The number of hydrogen-bond donors (Lipinski definition) is 0. The first-order chi connectivity index (χ1) is 13.0. The van der Waals surface area contributed by atoms with E-state index in [1.807, 2.05) is 67.6 Å². The second-order valence-corrected chi connectivity index (χ2v) is 8.12. The zero-order valence-corrected chi connectivity index (χ0v) is 16.7. The van der Waals surface area contributed by atoms with Crippen molar-refractivity contribution in [3.05, 3.63) is 81.9 Å². The van der Waals surface area contributed by atoms with Crippen LogP contribution in [0.4, 0.5) is 5.69 Å². The van der Waals surface area contributed by atoms with Crippen LogP contribution in [-0.2, 0) is 4.79 Å². The molecule has 27 heavy (non-hydrogen) atoms. The molecule has 0 saturated carbocycles. The summed E-state index contributed by atoms with van der Waals surface area (Å²) < 4.78 is 6.37. The number of benzene rings is 2. The molecule has 1 aliphatic heterocycles. The van der Waals surface area contributed by atoms with Crippen LogP contribution in [0.5, 0.6) is 0 Å². The molecule has 2 heterocycles. The van der Waals surface area contributed by atoms with E-state index in [2.05, 4.69) is 0 Å². The van der Waals surface area contributed by atoms with Crippen LogP contribution in [0.25, 0.3) is 17.4 Å². The van der Waals surface area contributed by atoms with Gasteiger partial charge in [-0.15, -0.1) is 0 Å². The number of aryl methyl sites for hydroxylation is 1. The van der Waals surface area contributed by atoms with E-state index >= 15 is 0 Å². The van der Waals surface area contributed by atoms with Gasteiger partial charge >= 0.3 is 0 Å². The van der Waals surface area contributed by atoms with Gasteiger partial charge in [0.1, 0.15) is 11.5 Å². The molecule has 0 atom stereocenters. The molecule has 3 aromatic rings. The molecule has 0 radical (unpaired) electrons. The number of furan rings is 1. The van der Waals surface area contributed by atoms with E-state index in [0.29, 0.717) is 25.8 Å². The Labute approximate surface area is 171 Å². The summed E-state index contributed by atoms with van der Waals surface area (Å²) in [6.45, 7) is 2.00. The van der Waals surface area contributed by atoms with Crippen molar-refractivity contribution in [2.24, 2.45) is 0 Å². The first kappa shape index (κ1) is 18.0. The highest BCUT2D eigenvalue weighted by molar-refractivity contribution is 8.27. The minimum Gasteiger partial charge on any atom is -0.457 e. The fourth-order valence-corrected chi connectivity index (χ4v) is 4.26. The van der Waals surface area contributed by atoms with Gasteiger partial charge in [-0.25, -0.2) is 0 Å². The Kier molecular flexibility index (Phi) is 4.91. The fraction of sp³-hybridized carbons (Fsp3) is 0.0476. The third kappa shape index (κ3) is 3.58. The SMILES string of the molecule is Cc1ccc(N2C(=O)C(=Cc3ccc(-c4ccccc4Cl)o3)SC2=S)cc1. The standard InChI is InChI=1S/C21H14ClNO2S2/c1-13-6-8-14(9-7-13)23-20(24)19(27-21(23)26)12-15-10-11-18(25-15)16-4-2-3-5-17(16)22/h2-12H,1H3. The van der Waals surface area contributed by atoms with Gasteiger partial charge in [0, 0.05) is 11.6 Å². The van der Waals surface area contributed by atoms with Crippen molar-refractivity contribution >= 4 is 57.6 Å². The zero-order chi connectivity index (χ0) is 19.0. The van der Waals surface area contributed by atoms with E-state index in [1.54, 1.807) is 11.0 Å². The van der Waals surface area contributed by atoms with Crippen LogP contribution < -0.4 is 4.90 Å². The van der Waals surface area contributed by atoms with Gasteiger partial charge in [-0.2, -0.15) is 0 Å². The predicted octanol–water partition coefficient (Wildman–Crippen LogP) is 6.31. The number of nitrogens with zero attached hydrogens (tertiary/aromatic N) is 1. The number of thioether (sulfide) groups is 1. The number of anilines is 1. The Hall–Kier alpha value is -2.34. The van der Waals surface area contributed by atoms with E-state index in [1.165, 1.54) is 11.8 Å². The second kappa shape index (κ2) is 7.35. The molecule has 6 heteroatoms.